The first-order valence-corrected chi connectivity index (χ1v) is 10.8. The molecule has 1 atom stereocenters. The molecule has 33 heavy (non-hydrogen) atoms. The average Bonchev–Trinajstić information content (AvgIpc) is 3.52. The molecule has 0 spiro atoms. The molecule has 1 aliphatic rings. The highest BCUT2D eigenvalue weighted by molar-refractivity contribution is 5.56. The summed E-state index contributed by atoms with van der Waals surface area (Å²) in [6, 6.07) is 14.7. The zero-order chi connectivity index (χ0) is 24.9. The zero-order valence-electron chi connectivity index (χ0n) is 19.8. The molecule has 1 aromatic heterocycles. The highest BCUT2D eigenvalue weighted by Gasteiger charge is 2.08. The second kappa shape index (κ2) is 19.6. The van der Waals surface area contributed by atoms with Gasteiger partial charge in [-0.1, -0.05) is 55.8 Å². The lowest BCUT2D eigenvalue weighted by Gasteiger charge is -1.97. The number of nitrogens with one attached hydrogen (secondary N) is 2. The molecule has 0 aliphatic carbocycles. The van der Waals surface area contributed by atoms with E-state index in [0.717, 1.165) is 42.9 Å². The van der Waals surface area contributed by atoms with Gasteiger partial charge in [0.05, 0.1) is 12.3 Å². The van der Waals surface area contributed by atoms with E-state index in [4.69, 9.17) is 19.4 Å². The van der Waals surface area contributed by atoms with Crippen LogP contribution in [0.1, 0.15) is 31.4 Å². The number of rotatable bonds is 3. The molecular weight excluding hydrogens is 425 g/mol. The summed E-state index contributed by atoms with van der Waals surface area (Å²) < 4.78 is 17.6. The molecule has 1 unspecified atom stereocenters. The summed E-state index contributed by atoms with van der Waals surface area (Å²) in [5, 5.41) is 21.5. The molecule has 4 rings (SSSR count). The zero-order valence-corrected chi connectivity index (χ0v) is 19.8. The lowest BCUT2D eigenvalue weighted by atomic mass is 10.1. The maximum atomic E-state index is 12.5. The van der Waals surface area contributed by atoms with Gasteiger partial charge >= 0.3 is 0 Å². The predicted octanol–water partition coefficient (Wildman–Crippen LogP) is 4.26. The molecule has 8 heteroatoms. The van der Waals surface area contributed by atoms with Crippen molar-refractivity contribution in [2.45, 2.75) is 39.8 Å². The Morgan fingerprint density at radius 1 is 1.24 bits per heavy atom. The summed E-state index contributed by atoms with van der Waals surface area (Å²) >= 11 is 0. The van der Waals surface area contributed by atoms with Gasteiger partial charge in [0, 0.05) is 18.7 Å². The van der Waals surface area contributed by atoms with E-state index in [1.165, 1.54) is 24.1 Å². The van der Waals surface area contributed by atoms with E-state index in [1.54, 1.807) is 12.3 Å². The van der Waals surface area contributed by atoms with Gasteiger partial charge in [-0.05, 0) is 44.6 Å². The quantitative estimate of drug-likeness (QED) is 0.432. The van der Waals surface area contributed by atoms with Crippen molar-refractivity contribution in [2.24, 2.45) is 0 Å². The number of nitrogens with zero attached hydrogens (tertiary/aromatic N) is 1. The number of hydrogen-bond donors (Lipinski definition) is 4. The number of β-amino-alcohol motifs (C(OH)–C–C–N with tert-alkyl or cyclic N) is 1. The van der Waals surface area contributed by atoms with Crippen LogP contribution in [0.4, 0.5) is 4.39 Å². The number of carbonyl (C=O) groups is 1. The van der Waals surface area contributed by atoms with Crippen molar-refractivity contribution in [3.05, 3.63) is 78.1 Å². The molecule has 0 saturated carbocycles. The van der Waals surface area contributed by atoms with Gasteiger partial charge in [-0.3, -0.25) is 4.79 Å². The van der Waals surface area contributed by atoms with Gasteiger partial charge in [0.2, 0.25) is 0 Å². The van der Waals surface area contributed by atoms with E-state index in [1.807, 2.05) is 39.1 Å². The molecule has 182 valence electrons. The topological polar surface area (TPSA) is 108 Å². The fraction of sp³-hybridized carbons (Fsp3) is 0.360. The number of aliphatic hydroxyl groups is 1. The number of carboxylic acid groups (broad SMARTS) is 1. The summed E-state index contributed by atoms with van der Waals surface area (Å²) in [4.78, 5) is 12.2. The van der Waals surface area contributed by atoms with Crippen molar-refractivity contribution in [1.82, 2.24) is 15.6 Å². The van der Waals surface area contributed by atoms with Crippen molar-refractivity contribution in [2.75, 3.05) is 20.1 Å². The number of benzene rings is 2. The monoisotopic (exact) mass is 461 g/mol. The smallest absolute Gasteiger partial charge is 0.290 e. The Labute approximate surface area is 195 Å². The number of aliphatic hydroxyl groups excluding tert-OH is 1. The molecule has 3 aromatic rings. The fourth-order valence-corrected chi connectivity index (χ4v) is 2.57. The third-order valence-electron chi connectivity index (χ3n) is 4.07. The van der Waals surface area contributed by atoms with Crippen molar-refractivity contribution < 1.29 is 23.8 Å². The van der Waals surface area contributed by atoms with Crippen molar-refractivity contribution >= 4 is 6.47 Å². The number of aryl methyl sites for hydroxylation is 1. The molecule has 0 amide bonds. The predicted molar refractivity (Wildman–Crippen MR) is 129 cm³/mol. The Hall–Kier alpha value is -3.07. The van der Waals surface area contributed by atoms with E-state index in [2.05, 4.69) is 34.7 Å². The summed E-state index contributed by atoms with van der Waals surface area (Å²) in [7, 11) is 1.84. The van der Waals surface area contributed by atoms with Crippen LogP contribution in [0, 0.1) is 12.7 Å². The Kier molecular flexibility index (Phi) is 17.8. The van der Waals surface area contributed by atoms with Crippen LogP contribution in [-0.2, 0) is 11.3 Å². The third-order valence-corrected chi connectivity index (χ3v) is 4.07. The molecule has 0 bridgehead atoms. The molecule has 1 saturated heterocycles. The van der Waals surface area contributed by atoms with Crippen molar-refractivity contribution in [1.29, 1.82) is 0 Å². The van der Waals surface area contributed by atoms with Crippen molar-refractivity contribution in [3.8, 4) is 11.3 Å². The van der Waals surface area contributed by atoms with E-state index >= 15 is 0 Å². The summed E-state index contributed by atoms with van der Waals surface area (Å²) in [6.45, 7) is 8.31. The number of oxazole rings is 1. The van der Waals surface area contributed by atoms with Crippen LogP contribution < -0.4 is 10.6 Å². The molecule has 1 aliphatic heterocycles. The van der Waals surface area contributed by atoms with Crippen LogP contribution in [-0.4, -0.2) is 47.9 Å². The molecule has 0 radical (unpaired) electrons. The highest BCUT2D eigenvalue weighted by Crippen LogP contribution is 2.18. The van der Waals surface area contributed by atoms with E-state index in [0.29, 0.717) is 0 Å². The Morgan fingerprint density at radius 2 is 1.91 bits per heavy atom. The van der Waals surface area contributed by atoms with Crippen LogP contribution in [0.5, 0.6) is 0 Å². The van der Waals surface area contributed by atoms with Gasteiger partial charge in [-0.25, -0.2) is 9.37 Å². The van der Waals surface area contributed by atoms with Gasteiger partial charge in [-0.15, -0.1) is 0 Å². The second-order valence-electron chi connectivity index (χ2n) is 6.64. The van der Waals surface area contributed by atoms with E-state index in [9.17, 15) is 4.39 Å². The summed E-state index contributed by atoms with van der Waals surface area (Å²) in [5.41, 5.74) is 3.29. The van der Waals surface area contributed by atoms with E-state index < -0.39 is 0 Å². The lowest BCUT2D eigenvalue weighted by molar-refractivity contribution is -0.122. The van der Waals surface area contributed by atoms with E-state index in [-0.39, 0.29) is 18.4 Å². The Bertz CT molecular complexity index is 837. The Morgan fingerprint density at radius 3 is 2.33 bits per heavy atom. The summed E-state index contributed by atoms with van der Waals surface area (Å²) in [6.07, 6.45) is 4.02. The minimum Gasteiger partial charge on any atom is -0.483 e. The summed E-state index contributed by atoms with van der Waals surface area (Å²) in [5.74, 6) is 0.641. The first-order valence-electron chi connectivity index (χ1n) is 10.8. The lowest BCUT2D eigenvalue weighted by Crippen LogP contribution is -2.11. The molecule has 2 heterocycles. The first kappa shape index (κ1) is 29.9. The standard InChI is InChI=1S/C10H9NO.C8H10FN.C4H9NO.C2H6.CH2O2/c1-8-2-4-9(5-3-8)10-6-11-7-12-10;1-10-6-7-3-2-4-8(9)5-7;6-4-1-2-5-3-4;1-2;2-1-3/h2-7H,1H3;2-5,10H,6H2,1H3;4-6H,1-3H2;1-2H3;1H,(H,2,3). The van der Waals surface area contributed by atoms with Gasteiger partial charge in [-0.2, -0.15) is 0 Å². The van der Waals surface area contributed by atoms with Gasteiger partial charge in [0.25, 0.3) is 6.47 Å². The Balaban J connectivity index is 0.000000440. The molecule has 7 nitrogen and oxygen atoms in total. The highest BCUT2D eigenvalue weighted by atomic mass is 19.1. The maximum absolute atomic E-state index is 12.5. The third kappa shape index (κ3) is 14.6. The van der Waals surface area contributed by atoms with Crippen LogP contribution in [0.25, 0.3) is 11.3 Å². The first-order chi connectivity index (χ1) is 16.0. The largest absolute Gasteiger partial charge is 0.483 e. The molecular formula is C25H36FN3O4. The van der Waals surface area contributed by atoms with Gasteiger partial charge < -0.3 is 25.3 Å². The number of hydrogen-bond acceptors (Lipinski definition) is 6. The average molecular weight is 462 g/mol. The number of aromatic nitrogens is 1. The molecule has 2 aromatic carbocycles. The van der Waals surface area contributed by atoms with Crippen LogP contribution >= 0.6 is 0 Å². The minimum atomic E-state index is -0.250. The van der Waals surface area contributed by atoms with Gasteiger partial charge in [0.15, 0.2) is 12.2 Å². The van der Waals surface area contributed by atoms with Crippen LogP contribution in [0.3, 0.4) is 0 Å². The minimum absolute atomic E-state index is 0.0648. The molecule has 4 N–H and O–H groups in total. The second-order valence-corrected chi connectivity index (χ2v) is 6.64. The normalized spacial score (nSPS) is 13.5. The van der Waals surface area contributed by atoms with Crippen LogP contribution in [0.2, 0.25) is 0 Å². The fourth-order valence-electron chi connectivity index (χ4n) is 2.57. The van der Waals surface area contributed by atoms with Gasteiger partial charge in [0.1, 0.15) is 5.82 Å². The SMILES string of the molecule is CC.CNCc1cccc(F)c1.Cc1ccc(-c2cnco2)cc1.O=CO.OC1CCNC1. The van der Waals surface area contributed by atoms with Crippen molar-refractivity contribution in [3.63, 3.8) is 0 Å². The maximum Gasteiger partial charge on any atom is 0.290 e. The van der Waals surface area contributed by atoms with Crippen LogP contribution in [0.15, 0.2) is 65.5 Å². The molecule has 1 fully saturated rings. The number of halogens is 1.